The van der Waals surface area contributed by atoms with E-state index in [4.69, 9.17) is 20.8 Å². The Morgan fingerprint density at radius 2 is 1.86 bits per heavy atom. The van der Waals surface area contributed by atoms with Gasteiger partial charge in [-0.3, -0.25) is 4.31 Å². The first-order chi connectivity index (χ1) is 17.8. The van der Waals surface area contributed by atoms with E-state index in [0.717, 1.165) is 15.6 Å². The summed E-state index contributed by atoms with van der Waals surface area (Å²) in [6.07, 6.45) is 0.552. The van der Waals surface area contributed by atoms with Gasteiger partial charge in [-0.2, -0.15) is 0 Å². The number of ether oxygens (including phenoxy) is 1. The van der Waals surface area contributed by atoms with Crippen molar-refractivity contribution < 1.29 is 27.5 Å². The standard InChI is InChI=1S/C27H23ClN2O6S/c1-17-22(29-26(36-17)18-7-3-2-4-8-18)13-14-35-25-12-11-20(16-21(25)28)37(33,34)30-23-10-6-5-9-19(23)15-24(30)27(31)32/h2-12,16,24H,13-15H2,1H3,(H,31,32)/t24-/m1/s1. The number of aryl methyl sites for hydroxylation is 1. The van der Waals surface area contributed by atoms with Gasteiger partial charge in [-0.25, -0.2) is 18.2 Å². The number of fused-ring (bicyclic) bond motifs is 1. The molecule has 1 aromatic heterocycles. The second-order valence-corrected chi connectivity index (χ2v) is 10.8. The summed E-state index contributed by atoms with van der Waals surface area (Å²) >= 11 is 6.38. The number of hydrogen-bond donors (Lipinski definition) is 1. The van der Waals surface area contributed by atoms with Gasteiger partial charge in [-0.05, 0) is 48.9 Å². The van der Waals surface area contributed by atoms with Crippen molar-refractivity contribution in [3.05, 3.63) is 94.8 Å². The summed E-state index contributed by atoms with van der Waals surface area (Å²) in [7, 11) is -4.19. The van der Waals surface area contributed by atoms with Gasteiger partial charge < -0.3 is 14.3 Å². The zero-order valence-corrected chi connectivity index (χ0v) is 21.4. The maximum Gasteiger partial charge on any atom is 0.327 e. The summed E-state index contributed by atoms with van der Waals surface area (Å²) in [5, 5.41) is 9.78. The van der Waals surface area contributed by atoms with Gasteiger partial charge in [0.15, 0.2) is 0 Å². The predicted octanol–water partition coefficient (Wildman–Crippen LogP) is 5.13. The van der Waals surface area contributed by atoms with E-state index in [1.54, 1.807) is 24.3 Å². The number of carbonyl (C=O) groups is 1. The molecule has 2 heterocycles. The molecule has 1 N–H and O–H groups in total. The molecule has 0 saturated heterocycles. The maximum atomic E-state index is 13.5. The molecule has 4 aromatic rings. The lowest BCUT2D eigenvalue weighted by molar-refractivity contribution is -0.138. The summed E-state index contributed by atoms with van der Waals surface area (Å²) in [6.45, 7) is 2.08. The molecule has 10 heteroatoms. The molecule has 3 aromatic carbocycles. The third-order valence-electron chi connectivity index (χ3n) is 6.18. The van der Waals surface area contributed by atoms with Crippen molar-refractivity contribution in [1.82, 2.24) is 4.98 Å². The van der Waals surface area contributed by atoms with Gasteiger partial charge in [0.05, 0.1) is 27.9 Å². The first-order valence-corrected chi connectivity index (χ1v) is 13.4. The number of sulfonamides is 1. The van der Waals surface area contributed by atoms with Crippen LogP contribution in [0.4, 0.5) is 5.69 Å². The molecule has 8 nitrogen and oxygen atoms in total. The highest BCUT2D eigenvalue weighted by atomic mass is 35.5. The fourth-order valence-electron chi connectivity index (χ4n) is 4.34. The van der Waals surface area contributed by atoms with Gasteiger partial charge in [0.25, 0.3) is 10.0 Å². The van der Waals surface area contributed by atoms with Crippen LogP contribution in [0.1, 0.15) is 17.0 Å². The topological polar surface area (TPSA) is 110 Å². The van der Waals surface area contributed by atoms with Gasteiger partial charge in [-0.15, -0.1) is 0 Å². The molecular formula is C27H23ClN2O6S. The Kier molecular flexibility index (Phi) is 6.66. The van der Waals surface area contributed by atoms with Crippen molar-refractivity contribution in [1.29, 1.82) is 0 Å². The number of rotatable bonds is 8. The average molecular weight is 539 g/mol. The number of benzene rings is 3. The van der Waals surface area contributed by atoms with Gasteiger partial charge in [0, 0.05) is 18.4 Å². The molecule has 0 amide bonds. The van der Waals surface area contributed by atoms with Crippen LogP contribution in [0, 0.1) is 6.92 Å². The first-order valence-electron chi connectivity index (χ1n) is 11.5. The summed E-state index contributed by atoms with van der Waals surface area (Å²) in [5.41, 5.74) is 2.64. The number of carboxylic acids is 1. The van der Waals surface area contributed by atoms with Crippen molar-refractivity contribution in [3.63, 3.8) is 0 Å². The molecule has 0 unspecified atom stereocenters. The summed E-state index contributed by atoms with van der Waals surface area (Å²) in [5.74, 6) is 0.309. The van der Waals surface area contributed by atoms with Crippen LogP contribution in [-0.2, 0) is 27.7 Å². The lowest BCUT2D eigenvalue weighted by atomic mass is 10.1. The third kappa shape index (κ3) is 4.80. The van der Waals surface area contributed by atoms with E-state index < -0.39 is 22.0 Å². The first kappa shape index (κ1) is 24.9. The second kappa shape index (κ2) is 9.91. The normalized spacial score (nSPS) is 15.0. The van der Waals surface area contributed by atoms with Gasteiger partial charge >= 0.3 is 5.97 Å². The van der Waals surface area contributed by atoms with Gasteiger partial charge in [-0.1, -0.05) is 48.0 Å². The van der Waals surface area contributed by atoms with Crippen LogP contribution >= 0.6 is 11.6 Å². The molecule has 1 aliphatic heterocycles. The van der Waals surface area contributed by atoms with Gasteiger partial charge in [0.2, 0.25) is 5.89 Å². The minimum absolute atomic E-state index is 0.0904. The van der Waals surface area contributed by atoms with E-state index >= 15 is 0 Å². The van der Waals surface area contributed by atoms with Crippen LogP contribution < -0.4 is 9.04 Å². The number of hydrogen-bond acceptors (Lipinski definition) is 6. The Morgan fingerprint density at radius 1 is 1.14 bits per heavy atom. The smallest absolute Gasteiger partial charge is 0.327 e. The Labute approximate surface area is 219 Å². The van der Waals surface area contributed by atoms with E-state index in [9.17, 15) is 18.3 Å². The number of anilines is 1. The van der Waals surface area contributed by atoms with E-state index in [0.29, 0.717) is 35.1 Å². The Balaban J connectivity index is 1.31. The van der Waals surface area contributed by atoms with Crippen molar-refractivity contribution in [3.8, 4) is 17.2 Å². The number of carboxylic acid groups (broad SMARTS) is 1. The Bertz CT molecular complexity index is 1570. The van der Waals surface area contributed by atoms with E-state index in [2.05, 4.69) is 4.98 Å². The number of aliphatic carboxylic acids is 1. The summed E-state index contributed by atoms with van der Waals surface area (Å²) in [6, 6.07) is 19.2. The molecule has 0 fully saturated rings. The summed E-state index contributed by atoms with van der Waals surface area (Å²) in [4.78, 5) is 16.3. The molecule has 1 aliphatic rings. The zero-order valence-electron chi connectivity index (χ0n) is 19.8. The van der Waals surface area contributed by atoms with Crippen LogP contribution in [0.5, 0.6) is 5.75 Å². The Morgan fingerprint density at radius 3 is 2.59 bits per heavy atom. The molecular weight excluding hydrogens is 516 g/mol. The number of nitrogens with zero attached hydrogens (tertiary/aromatic N) is 2. The highest BCUT2D eigenvalue weighted by Gasteiger charge is 2.42. The SMILES string of the molecule is Cc1oc(-c2ccccc2)nc1CCOc1ccc(S(=O)(=O)N2c3ccccc3C[C@@H]2C(=O)O)cc1Cl. The van der Waals surface area contributed by atoms with Crippen molar-refractivity contribution >= 4 is 33.3 Å². The van der Waals surface area contributed by atoms with E-state index in [1.165, 1.54) is 18.2 Å². The van der Waals surface area contributed by atoms with Crippen LogP contribution in [0.15, 0.2) is 82.1 Å². The van der Waals surface area contributed by atoms with Crippen LogP contribution in [0.25, 0.3) is 11.5 Å². The molecule has 0 bridgehead atoms. The predicted molar refractivity (Wildman–Crippen MR) is 139 cm³/mol. The minimum Gasteiger partial charge on any atom is -0.492 e. The molecule has 0 aliphatic carbocycles. The monoisotopic (exact) mass is 538 g/mol. The third-order valence-corrected chi connectivity index (χ3v) is 8.29. The fourth-order valence-corrected chi connectivity index (χ4v) is 6.31. The van der Waals surface area contributed by atoms with E-state index in [1.807, 2.05) is 37.3 Å². The highest BCUT2D eigenvalue weighted by molar-refractivity contribution is 7.93. The molecule has 37 heavy (non-hydrogen) atoms. The van der Waals surface area contributed by atoms with Crippen LogP contribution in [0.2, 0.25) is 5.02 Å². The molecule has 0 saturated carbocycles. The number of halogens is 1. The number of para-hydroxylation sites is 1. The van der Waals surface area contributed by atoms with Crippen molar-refractivity contribution in [2.75, 3.05) is 10.9 Å². The molecule has 0 radical (unpaired) electrons. The average Bonchev–Trinajstić information content (AvgIpc) is 3.47. The molecule has 5 rings (SSSR count). The van der Waals surface area contributed by atoms with E-state index in [-0.39, 0.29) is 22.9 Å². The summed E-state index contributed by atoms with van der Waals surface area (Å²) < 4.78 is 39.5. The molecule has 190 valence electrons. The Hall–Kier alpha value is -3.82. The molecule has 1 atom stereocenters. The van der Waals surface area contributed by atoms with Crippen molar-refractivity contribution in [2.24, 2.45) is 0 Å². The fraction of sp³-hybridized carbons (Fsp3) is 0.185. The lowest BCUT2D eigenvalue weighted by Crippen LogP contribution is -2.42. The minimum atomic E-state index is -4.19. The maximum absolute atomic E-state index is 13.5. The number of oxazole rings is 1. The van der Waals surface area contributed by atoms with Crippen molar-refractivity contribution in [2.45, 2.75) is 30.7 Å². The highest BCUT2D eigenvalue weighted by Crippen LogP contribution is 2.38. The largest absolute Gasteiger partial charge is 0.492 e. The quantitative estimate of drug-likeness (QED) is 0.331. The van der Waals surface area contributed by atoms with Crippen LogP contribution in [0.3, 0.4) is 0 Å². The van der Waals surface area contributed by atoms with Crippen LogP contribution in [-0.4, -0.2) is 37.1 Å². The lowest BCUT2D eigenvalue weighted by Gasteiger charge is -2.24. The number of aromatic nitrogens is 1. The molecule has 0 spiro atoms. The zero-order chi connectivity index (χ0) is 26.2. The second-order valence-electron chi connectivity index (χ2n) is 8.57. The van der Waals surface area contributed by atoms with Gasteiger partial charge in [0.1, 0.15) is 17.6 Å².